The maximum absolute atomic E-state index is 13.7. The molecule has 3 aromatic carbocycles. The van der Waals surface area contributed by atoms with Gasteiger partial charge in [-0.05, 0) is 47.5 Å². The molecular weight excluding hydrogens is 503 g/mol. The Morgan fingerprint density at radius 2 is 1.68 bits per heavy atom. The van der Waals surface area contributed by atoms with E-state index in [0.29, 0.717) is 55.3 Å². The molecule has 0 aromatic heterocycles. The predicted molar refractivity (Wildman–Crippen MR) is 144 cm³/mol. The number of rotatable bonds is 4. The largest absolute Gasteiger partial charge is 0.347 e. The quantitative estimate of drug-likeness (QED) is 0.418. The molecule has 0 unspecified atom stereocenters. The van der Waals surface area contributed by atoms with Gasteiger partial charge in [-0.1, -0.05) is 54.2 Å². The Morgan fingerprint density at radius 3 is 2.39 bits per heavy atom. The normalized spacial score (nSPS) is 19.7. The van der Waals surface area contributed by atoms with E-state index in [0.717, 1.165) is 16.0 Å². The number of thioether (sulfide) groups is 1. The van der Waals surface area contributed by atoms with Crippen LogP contribution < -0.4 is 4.90 Å². The number of piperidine rings is 1. The summed E-state index contributed by atoms with van der Waals surface area (Å²) in [5.41, 5.74) is 2.93. The molecule has 2 amide bonds. The van der Waals surface area contributed by atoms with E-state index in [1.807, 2.05) is 53.4 Å². The first-order valence-electron chi connectivity index (χ1n) is 12.7. The van der Waals surface area contributed by atoms with E-state index in [1.54, 1.807) is 23.1 Å². The van der Waals surface area contributed by atoms with Gasteiger partial charge in [0.1, 0.15) is 5.82 Å². The second-order valence-electron chi connectivity index (χ2n) is 9.62. The SMILES string of the molecule is O=C(c1ccc2c(c1)N(Cc1ccc(F)cc1)C(=O)C(=Cc1ccccc1)S2)N1CCC2(CC1)OCCO2. The van der Waals surface area contributed by atoms with Crippen LogP contribution in [0.3, 0.4) is 0 Å². The van der Waals surface area contributed by atoms with Crippen LogP contribution in [-0.2, 0) is 20.8 Å². The minimum absolute atomic E-state index is 0.0783. The lowest BCUT2D eigenvalue weighted by atomic mass is 10.0. The van der Waals surface area contributed by atoms with Crippen molar-refractivity contribution in [2.75, 3.05) is 31.2 Å². The van der Waals surface area contributed by atoms with Gasteiger partial charge in [-0.25, -0.2) is 4.39 Å². The van der Waals surface area contributed by atoms with Crippen molar-refractivity contribution in [2.45, 2.75) is 30.1 Å². The number of fused-ring (bicyclic) bond motifs is 1. The maximum Gasteiger partial charge on any atom is 0.265 e. The monoisotopic (exact) mass is 530 g/mol. The van der Waals surface area contributed by atoms with Gasteiger partial charge < -0.3 is 19.3 Å². The molecule has 2 fully saturated rings. The Hall–Kier alpha value is -3.46. The fourth-order valence-electron chi connectivity index (χ4n) is 5.09. The lowest BCUT2D eigenvalue weighted by Crippen LogP contribution is -2.47. The molecular formula is C30H27FN2O4S. The molecule has 3 aromatic rings. The number of ether oxygens (including phenoxy) is 2. The molecule has 0 N–H and O–H groups in total. The van der Waals surface area contributed by atoms with E-state index < -0.39 is 5.79 Å². The second-order valence-corrected chi connectivity index (χ2v) is 10.7. The Bertz CT molecular complexity index is 1380. The third-order valence-corrected chi connectivity index (χ3v) is 8.23. The Labute approximate surface area is 225 Å². The Kier molecular flexibility index (Phi) is 6.78. The molecule has 2 saturated heterocycles. The van der Waals surface area contributed by atoms with Crippen molar-refractivity contribution in [3.8, 4) is 0 Å². The van der Waals surface area contributed by atoms with Crippen LogP contribution >= 0.6 is 11.8 Å². The van der Waals surface area contributed by atoms with Gasteiger partial charge >= 0.3 is 0 Å². The topological polar surface area (TPSA) is 59.1 Å². The molecule has 0 radical (unpaired) electrons. The summed E-state index contributed by atoms with van der Waals surface area (Å²) in [6.07, 6.45) is 3.16. The zero-order chi connectivity index (χ0) is 26.1. The maximum atomic E-state index is 13.7. The van der Waals surface area contributed by atoms with Crippen LogP contribution in [0.5, 0.6) is 0 Å². The highest BCUT2D eigenvalue weighted by Gasteiger charge is 2.41. The highest BCUT2D eigenvalue weighted by molar-refractivity contribution is 8.04. The summed E-state index contributed by atoms with van der Waals surface area (Å²) in [5, 5.41) is 0. The van der Waals surface area contributed by atoms with Crippen LogP contribution in [0.1, 0.15) is 34.3 Å². The molecule has 3 aliphatic rings. The van der Waals surface area contributed by atoms with Crippen LogP contribution in [0.4, 0.5) is 10.1 Å². The molecule has 0 atom stereocenters. The summed E-state index contributed by atoms with van der Waals surface area (Å²) in [6.45, 7) is 2.54. The van der Waals surface area contributed by atoms with Crippen LogP contribution in [0, 0.1) is 5.82 Å². The van der Waals surface area contributed by atoms with Crippen LogP contribution in [0.2, 0.25) is 0 Å². The predicted octanol–water partition coefficient (Wildman–Crippen LogP) is 5.48. The molecule has 6 nitrogen and oxygen atoms in total. The molecule has 38 heavy (non-hydrogen) atoms. The van der Waals surface area contributed by atoms with Gasteiger partial charge in [0, 0.05) is 36.4 Å². The number of hydrogen-bond acceptors (Lipinski definition) is 5. The first-order valence-corrected chi connectivity index (χ1v) is 13.5. The van der Waals surface area contributed by atoms with Gasteiger partial charge in [-0.2, -0.15) is 0 Å². The number of halogens is 1. The first-order chi connectivity index (χ1) is 18.5. The van der Waals surface area contributed by atoms with Gasteiger partial charge in [0.2, 0.25) is 0 Å². The molecule has 194 valence electrons. The van der Waals surface area contributed by atoms with Crippen molar-refractivity contribution in [1.29, 1.82) is 0 Å². The highest BCUT2D eigenvalue weighted by atomic mass is 32.2. The van der Waals surface area contributed by atoms with Crippen molar-refractivity contribution in [1.82, 2.24) is 4.90 Å². The Morgan fingerprint density at radius 1 is 0.974 bits per heavy atom. The number of hydrogen-bond donors (Lipinski definition) is 0. The number of amides is 2. The number of carbonyl (C=O) groups excluding carboxylic acids is 2. The van der Waals surface area contributed by atoms with E-state index in [1.165, 1.54) is 23.9 Å². The van der Waals surface area contributed by atoms with Crippen molar-refractivity contribution in [3.05, 3.63) is 100 Å². The molecule has 0 aliphatic carbocycles. The van der Waals surface area contributed by atoms with Crippen LogP contribution in [0.15, 0.2) is 82.6 Å². The molecule has 0 saturated carbocycles. The average Bonchev–Trinajstić information content (AvgIpc) is 3.40. The van der Waals surface area contributed by atoms with Gasteiger partial charge in [0.15, 0.2) is 5.79 Å². The average molecular weight is 531 g/mol. The minimum Gasteiger partial charge on any atom is -0.347 e. The summed E-state index contributed by atoms with van der Waals surface area (Å²) in [4.78, 5) is 32.2. The first kappa shape index (κ1) is 24.9. The van der Waals surface area contributed by atoms with Crippen molar-refractivity contribution in [2.24, 2.45) is 0 Å². The molecule has 6 rings (SSSR count). The summed E-state index contributed by atoms with van der Waals surface area (Å²) in [7, 11) is 0. The molecule has 3 aliphatic heterocycles. The van der Waals surface area contributed by atoms with Crippen molar-refractivity contribution in [3.63, 3.8) is 0 Å². The number of carbonyl (C=O) groups is 2. The van der Waals surface area contributed by atoms with Crippen molar-refractivity contribution < 1.29 is 23.5 Å². The zero-order valence-corrected chi connectivity index (χ0v) is 21.6. The third kappa shape index (κ3) is 4.99. The summed E-state index contributed by atoms with van der Waals surface area (Å²) in [6, 6.07) is 21.4. The second kappa shape index (κ2) is 10.4. The van der Waals surface area contributed by atoms with Gasteiger partial charge in [0.25, 0.3) is 11.8 Å². The van der Waals surface area contributed by atoms with E-state index in [-0.39, 0.29) is 24.2 Å². The van der Waals surface area contributed by atoms with Crippen LogP contribution in [0.25, 0.3) is 6.08 Å². The minimum atomic E-state index is -0.552. The molecule has 3 heterocycles. The Balaban J connectivity index is 1.30. The number of nitrogens with zero attached hydrogens (tertiary/aromatic N) is 2. The number of likely N-dealkylation sites (tertiary alicyclic amines) is 1. The van der Waals surface area contributed by atoms with E-state index in [4.69, 9.17) is 9.47 Å². The molecule has 0 bridgehead atoms. The smallest absolute Gasteiger partial charge is 0.265 e. The fourth-order valence-corrected chi connectivity index (χ4v) is 6.13. The lowest BCUT2D eigenvalue weighted by Gasteiger charge is -2.37. The standard InChI is InChI=1S/C30H27FN2O4S/c31-24-9-6-22(7-10-24)20-33-25-19-23(28(34)32-14-12-30(13-15-32)36-16-17-37-30)8-11-26(25)38-27(29(33)35)18-21-4-2-1-3-5-21/h1-11,18-19H,12-17,20H2. The number of benzene rings is 3. The summed E-state index contributed by atoms with van der Waals surface area (Å²) < 4.78 is 25.1. The van der Waals surface area contributed by atoms with Gasteiger partial charge in [0.05, 0.1) is 30.4 Å². The van der Waals surface area contributed by atoms with E-state index >= 15 is 0 Å². The molecule has 1 spiro atoms. The van der Waals surface area contributed by atoms with Gasteiger partial charge in [-0.3, -0.25) is 9.59 Å². The highest BCUT2D eigenvalue weighted by Crippen LogP contribution is 2.43. The summed E-state index contributed by atoms with van der Waals surface area (Å²) in [5.74, 6) is -1.12. The van der Waals surface area contributed by atoms with E-state index in [9.17, 15) is 14.0 Å². The molecule has 8 heteroatoms. The van der Waals surface area contributed by atoms with Crippen LogP contribution in [-0.4, -0.2) is 48.8 Å². The summed E-state index contributed by atoms with van der Waals surface area (Å²) >= 11 is 1.40. The van der Waals surface area contributed by atoms with Gasteiger partial charge in [-0.15, -0.1) is 0 Å². The van der Waals surface area contributed by atoms with E-state index in [2.05, 4.69) is 0 Å². The number of anilines is 1. The zero-order valence-electron chi connectivity index (χ0n) is 20.8. The van der Waals surface area contributed by atoms with Crippen molar-refractivity contribution >= 4 is 35.3 Å². The fraction of sp³-hybridized carbons (Fsp3) is 0.267. The third-order valence-electron chi connectivity index (χ3n) is 7.15. The lowest BCUT2D eigenvalue weighted by molar-refractivity contribution is -0.181.